The highest BCUT2D eigenvalue weighted by molar-refractivity contribution is 5.76. The SMILES string of the molecule is CCNC(C)CC(=O)N[C@@H](CO)Cc1ccccc1. The van der Waals surface area contributed by atoms with Crippen molar-refractivity contribution in [2.75, 3.05) is 13.2 Å². The number of hydrogen-bond acceptors (Lipinski definition) is 3. The van der Waals surface area contributed by atoms with Crippen LogP contribution in [0.1, 0.15) is 25.8 Å². The van der Waals surface area contributed by atoms with Gasteiger partial charge in [0, 0.05) is 12.5 Å². The summed E-state index contributed by atoms with van der Waals surface area (Å²) < 4.78 is 0. The monoisotopic (exact) mass is 264 g/mol. The van der Waals surface area contributed by atoms with E-state index in [0.717, 1.165) is 12.1 Å². The lowest BCUT2D eigenvalue weighted by Crippen LogP contribution is -2.41. The molecule has 0 bridgehead atoms. The average Bonchev–Trinajstić information content (AvgIpc) is 2.39. The molecule has 0 aliphatic carbocycles. The van der Waals surface area contributed by atoms with E-state index in [-0.39, 0.29) is 24.6 Å². The number of rotatable bonds is 8. The summed E-state index contributed by atoms with van der Waals surface area (Å²) in [5.41, 5.74) is 1.11. The molecule has 0 heterocycles. The molecule has 0 saturated heterocycles. The van der Waals surface area contributed by atoms with Gasteiger partial charge in [-0.05, 0) is 25.5 Å². The molecule has 106 valence electrons. The Morgan fingerprint density at radius 2 is 2.00 bits per heavy atom. The Morgan fingerprint density at radius 3 is 2.58 bits per heavy atom. The Balaban J connectivity index is 2.41. The second-order valence-corrected chi connectivity index (χ2v) is 4.80. The van der Waals surface area contributed by atoms with E-state index >= 15 is 0 Å². The Kier molecular flexibility index (Phi) is 7.15. The second kappa shape index (κ2) is 8.67. The fraction of sp³-hybridized carbons (Fsp3) is 0.533. The van der Waals surface area contributed by atoms with E-state index in [1.165, 1.54) is 0 Å². The van der Waals surface area contributed by atoms with Gasteiger partial charge in [0.2, 0.25) is 5.91 Å². The summed E-state index contributed by atoms with van der Waals surface area (Å²) in [5.74, 6) is -0.0246. The molecule has 1 aromatic carbocycles. The van der Waals surface area contributed by atoms with Gasteiger partial charge in [0.25, 0.3) is 0 Å². The average molecular weight is 264 g/mol. The quantitative estimate of drug-likeness (QED) is 0.659. The lowest BCUT2D eigenvalue weighted by molar-refractivity contribution is -0.122. The minimum Gasteiger partial charge on any atom is -0.394 e. The molecule has 0 fully saturated rings. The Morgan fingerprint density at radius 1 is 1.32 bits per heavy atom. The Labute approximate surface area is 115 Å². The van der Waals surface area contributed by atoms with Gasteiger partial charge < -0.3 is 15.7 Å². The van der Waals surface area contributed by atoms with Crippen molar-refractivity contribution in [3.8, 4) is 0 Å². The van der Waals surface area contributed by atoms with Crippen LogP contribution in [-0.4, -0.2) is 36.2 Å². The number of aliphatic hydroxyl groups excluding tert-OH is 1. The molecule has 4 nitrogen and oxygen atoms in total. The van der Waals surface area contributed by atoms with E-state index in [4.69, 9.17) is 0 Å². The van der Waals surface area contributed by atoms with Crippen molar-refractivity contribution in [2.24, 2.45) is 0 Å². The van der Waals surface area contributed by atoms with Crippen LogP contribution in [0.5, 0.6) is 0 Å². The highest BCUT2D eigenvalue weighted by Crippen LogP contribution is 2.03. The summed E-state index contributed by atoms with van der Waals surface area (Å²) in [7, 11) is 0. The molecule has 0 aliphatic rings. The van der Waals surface area contributed by atoms with Crippen LogP contribution in [0.4, 0.5) is 0 Å². The van der Waals surface area contributed by atoms with E-state index in [1.807, 2.05) is 44.2 Å². The summed E-state index contributed by atoms with van der Waals surface area (Å²) in [5, 5.41) is 15.4. The summed E-state index contributed by atoms with van der Waals surface area (Å²) in [6.07, 6.45) is 1.08. The van der Waals surface area contributed by atoms with E-state index in [9.17, 15) is 9.90 Å². The number of benzene rings is 1. The van der Waals surface area contributed by atoms with Gasteiger partial charge in [-0.25, -0.2) is 0 Å². The number of carbonyl (C=O) groups is 1. The maximum Gasteiger partial charge on any atom is 0.221 e. The molecule has 19 heavy (non-hydrogen) atoms. The Hall–Kier alpha value is -1.39. The summed E-state index contributed by atoms with van der Waals surface area (Å²) in [6.45, 7) is 4.80. The lowest BCUT2D eigenvalue weighted by Gasteiger charge is -2.18. The lowest BCUT2D eigenvalue weighted by atomic mass is 10.1. The molecule has 0 saturated carbocycles. The van der Waals surface area contributed by atoms with Crippen molar-refractivity contribution in [3.63, 3.8) is 0 Å². The van der Waals surface area contributed by atoms with Gasteiger partial charge >= 0.3 is 0 Å². The zero-order valence-electron chi connectivity index (χ0n) is 11.7. The van der Waals surface area contributed by atoms with Gasteiger partial charge in [0.15, 0.2) is 0 Å². The van der Waals surface area contributed by atoms with Crippen molar-refractivity contribution in [1.29, 1.82) is 0 Å². The first kappa shape index (κ1) is 15.7. The van der Waals surface area contributed by atoms with Gasteiger partial charge in [-0.2, -0.15) is 0 Å². The summed E-state index contributed by atoms with van der Waals surface area (Å²) >= 11 is 0. The van der Waals surface area contributed by atoms with Crippen molar-refractivity contribution in [2.45, 2.75) is 38.8 Å². The molecule has 0 aliphatic heterocycles. The van der Waals surface area contributed by atoms with Crippen LogP contribution in [-0.2, 0) is 11.2 Å². The maximum atomic E-state index is 11.8. The van der Waals surface area contributed by atoms with Crippen molar-refractivity contribution < 1.29 is 9.90 Å². The minimum atomic E-state index is -0.219. The van der Waals surface area contributed by atoms with Crippen molar-refractivity contribution in [1.82, 2.24) is 10.6 Å². The molecule has 0 radical (unpaired) electrons. The first-order chi connectivity index (χ1) is 9.15. The smallest absolute Gasteiger partial charge is 0.221 e. The predicted molar refractivity (Wildman–Crippen MR) is 76.9 cm³/mol. The maximum absolute atomic E-state index is 11.8. The molecule has 1 rings (SSSR count). The van der Waals surface area contributed by atoms with Crippen LogP contribution in [0.3, 0.4) is 0 Å². The first-order valence-corrected chi connectivity index (χ1v) is 6.83. The minimum absolute atomic E-state index is 0.0246. The van der Waals surface area contributed by atoms with Crippen LogP contribution in [0.15, 0.2) is 30.3 Å². The fourth-order valence-corrected chi connectivity index (χ4v) is 2.05. The molecule has 4 heteroatoms. The largest absolute Gasteiger partial charge is 0.394 e. The van der Waals surface area contributed by atoms with Crippen LogP contribution < -0.4 is 10.6 Å². The highest BCUT2D eigenvalue weighted by atomic mass is 16.3. The molecular formula is C15H24N2O2. The summed E-state index contributed by atoms with van der Waals surface area (Å²) in [4.78, 5) is 11.8. The van der Waals surface area contributed by atoms with Gasteiger partial charge in [0.1, 0.15) is 0 Å². The van der Waals surface area contributed by atoms with Crippen LogP contribution in [0, 0.1) is 0 Å². The van der Waals surface area contributed by atoms with E-state index in [0.29, 0.717) is 12.8 Å². The Bertz CT molecular complexity index is 368. The molecule has 0 spiro atoms. The standard InChI is InChI=1S/C15H24N2O2/c1-3-16-12(2)9-15(19)17-14(11-18)10-13-7-5-4-6-8-13/h4-8,12,14,16,18H,3,9-11H2,1-2H3,(H,17,19)/t12?,14-/m1/s1. The third-order valence-corrected chi connectivity index (χ3v) is 2.95. The topological polar surface area (TPSA) is 61.4 Å². The van der Waals surface area contributed by atoms with Crippen LogP contribution in [0.2, 0.25) is 0 Å². The number of hydrogen-bond donors (Lipinski definition) is 3. The molecule has 3 N–H and O–H groups in total. The number of amides is 1. The van der Waals surface area contributed by atoms with Gasteiger partial charge in [-0.3, -0.25) is 4.79 Å². The fourth-order valence-electron chi connectivity index (χ4n) is 2.05. The molecular weight excluding hydrogens is 240 g/mol. The number of nitrogens with one attached hydrogen (secondary N) is 2. The first-order valence-electron chi connectivity index (χ1n) is 6.83. The molecule has 1 aromatic rings. The summed E-state index contributed by atoms with van der Waals surface area (Å²) in [6, 6.07) is 9.79. The molecule has 1 unspecified atom stereocenters. The molecule has 2 atom stereocenters. The van der Waals surface area contributed by atoms with E-state index < -0.39 is 0 Å². The zero-order chi connectivity index (χ0) is 14.1. The number of carbonyl (C=O) groups excluding carboxylic acids is 1. The van der Waals surface area contributed by atoms with Gasteiger partial charge in [-0.15, -0.1) is 0 Å². The van der Waals surface area contributed by atoms with Crippen molar-refractivity contribution >= 4 is 5.91 Å². The predicted octanol–water partition coefficient (Wildman–Crippen LogP) is 1.09. The van der Waals surface area contributed by atoms with Crippen molar-refractivity contribution in [3.05, 3.63) is 35.9 Å². The normalized spacial score (nSPS) is 13.8. The third-order valence-electron chi connectivity index (χ3n) is 2.95. The van der Waals surface area contributed by atoms with Gasteiger partial charge in [0.05, 0.1) is 12.6 Å². The molecule has 1 amide bonds. The number of aliphatic hydroxyl groups is 1. The molecule has 0 aromatic heterocycles. The van der Waals surface area contributed by atoms with Crippen LogP contribution >= 0.6 is 0 Å². The second-order valence-electron chi connectivity index (χ2n) is 4.80. The third kappa shape index (κ3) is 6.36. The van der Waals surface area contributed by atoms with Gasteiger partial charge in [-0.1, -0.05) is 37.3 Å². The van der Waals surface area contributed by atoms with E-state index in [2.05, 4.69) is 10.6 Å². The van der Waals surface area contributed by atoms with Crippen LogP contribution in [0.25, 0.3) is 0 Å². The van der Waals surface area contributed by atoms with E-state index in [1.54, 1.807) is 0 Å². The highest BCUT2D eigenvalue weighted by Gasteiger charge is 2.14. The zero-order valence-corrected chi connectivity index (χ0v) is 11.7.